The van der Waals surface area contributed by atoms with Crippen LogP contribution in [-0.4, -0.2) is 38.9 Å². The van der Waals surface area contributed by atoms with Crippen molar-refractivity contribution in [3.05, 3.63) is 53.2 Å². The number of aromatic nitrogens is 4. The molecule has 0 aromatic carbocycles. The minimum absolute atomic E-state index is 0.154. The molecule has 0 radical (unpaired) electrons. The summed E-state index contributed by atoms with van der Waals surface area (Å²) in [6, 6.07) is 7.65. The predicted octanol–water partition coefficient (Wildman–Crippen LogP) is 2.96. The SMILES string of the molecule is Cc1cc(C)c2c(N3CCCCC3)nc(C(=O)NCc3ccccn3)nc2n1. The Balaban J connectivity index is 1.70. The summed E-state index contributed by atoms with van der Waals surface area (Å²) in [5.74, 6) is 0.658. The zero-order valence-corrected chi connectivity index (χ0v) is 16.3. The van der Waals surface area contributed by atoms with Crippen LogP contribution >= 0.6 is 0 Å². The average molecular weight is 376 g/mol. The van der Waals surface area contributed by atoms with Crippen LogP contribution in [0.25, 0.3) is 11.0 Å². The zero-order chi connectivity index (χ0) is 19.5. The number of aryl methyl sites for hydroxylation is 2. The van der Waals surface area contributed by atoms with E-state index < -0.39 is 0 Å². The maximum atomic E-state index is 12.8. The molecule has 0 spiro atoms. The van der Waals surface area contributed by atoms with Crippen LogP contribution in [0.5, 0.6) is 0 Å². The minimum Gasteiger partial charge on any atom is -0.356 e. The van der Waals surface area contributed by atoms with Gasteiger partial charge in [-0.1, -0.05) is 6.07 Å². The second-order valence-corrected chi connectivity index (χ2v) is 7.20. The zero-order valence-electron chi connectivity index (χ0n) is 16.3. The highest BCUT2D eigenvalue weighted by Gasteiger charge is 2.21. The van der Waals surface area contributed by atoms with Crippen molar-refractivity contribution in [3.63, 3.8) is 0 Å². The van der Waals surface area contributed by atoms with Crippen molar-refractivity contribution in [2.24, 2.45) is 0 Å². The van der Waals surface area contributed by atoms with Gasteiger partial charge in [0.05, 0.1) is 17.6 Å². The van der Waals surface area contributed by atoms with Crippen molar-refractivity contribution in [1.82, 2.24) is 25.3 Å². The largest absolute Gasteiger partial charge is 0.356 e. The highest BCUT2D eigenvalue weighted by Crippen LogP contribution is 2.28. The molecule has 0 unspecified atom stereocenters. The van der Waals surface area contributed by atoms with E-state index in [-0.39, 0.29) is 11.7 Å². The van der Waals surface area contributed by atoms with Gasteiger partial charge in [0, 0.05) is 25.0 Å². The highest BCUT2D eigenvalue weighted by atomic mass is 16.2. The number of rotatable bonds is 4. The number of pyridine rings is 2. The second kappa shape index (κ2) is 7.88. The fourth-order valence-corrected chi connectivity index (χ4v) is 3.64. The first kappa shape index (κ1) is 18.3. The average Bonchev–Trinajstić information content (AvgIpc) is 2.72. The van der Waals surface area contributed by atoms with Gasteiger partial charge in [-0.3, -0.25) is 9.78 Å². The van der Waals surface area contributed by atoms with E-state index >= 15 is 0 Å². The van der Waals surface area contributed by atoms with Gasteiger partial charge in [-0.15, -0.1) is 0 Å². The van der Waals surface area contributed by atoms with Crippen LogP contribution in [0.15, 0.2) is 30.5 Å². The Bertz CT molecular complexity index is 999. The van der Waals surface area contributed by atoms with Crippen LogP contribution in [0.3, 0.4) is 0 Å². The van der Waals surface area contributed by atoms with Gasteiger partial charge in [0.1, 0.15) is 5.82 Å². The minimum atomic E-state index is -0.313. The molecule has 28 heavy (non-hydrogen) atoms. The summed E-state index contributed by atoms with van der Waals surface area (Å²) in [5, 5.41) is 3.81. The Morgan fingerprint density at radius 3 is 2.68 bits per heavy atom. The molecule has 7 nitrogen and oxygen atoms in total. The maximum absolute atomic E-state index is 12.8. The van der Waals surface area contributed by atoms with Crippen LogP contribution in [0.2, 0.25) is 0 Å². The fourth-order valence-electron chi connectivity index (χ4n) is 3.64. The molecule has 0 saturated carbocycles. The van der Waals surface area contributed by atoms with Crippen molar-refractivity contribution < 1.29 is 4.79 Å². The molecule has 3 aromatic heterocycles. The molecule has 0 aliphatic carbocycles. The molecule has 1 aliphatic rings. The molecule has 1 aliphatic heterocycles. The summed E-state index contributed by atoms with van der Waals surface area (Å²) < 4.78 is 0. The standard InChI is InChI=1S/C21H24N6O/c1-14-12-15(2)24-18-17(14)20(27-10-6-3-7-11-27)26-19(25-18)21(28)23-13-16-8-4-5-9-22-16/h4-5,8-9,12H,3,6-7,10-11,13H2,1-2H3,(H,23,28). The normalized spacial score (nSPS) is 14.3. The molecule has 1 saturated heterocycles. The van der Waals surface area contributed by atoms with E-state index in [1.807, 2.05) is 31.2 Å². The second-order valence-electron chi connectivity index (χ2n) is 7.20. The Labute approximate surface area is 164 Å². The Hall–Kier alpha value is -3.09. The van der Waals surface area contributed by atoms with E-state index in [1.165, 1.54) is 6.42 Å². The Kier molecular flexibility index (Phi) is 5.14. The lowest BCUT2D eigenvalue weighted by atomic mass is 10.1. The number of carbonyl (C=O) groups is 1. The quantitative estimate of drug-likeness (QED) is 0.754. The lowest BCUT2D eigenvalue weighted by Crippen LogP contribution is -2.32. The van der Waals surface area contributed by atoms with Gasteiger partial charge < -0.3 is 10.2 Å². The van der Waals surface area contributed by atoms with Crippen molar-refractivity contribution in [2.45, 2.75) is 39.7 Å². The van der Waals surface area contributed by atoms with Gasteiger partial charge in [-0.25, -0.2) is 15.0 Å². The summed E-state index contributed by atoms with van der Waals surface area (Å²) in [7, 11) is 0. The molecule has 3 aromatic rings. The van der Waals surface area contributed by atoms with Crippen molar-refractivity contribution in [1.29, 1.82) is 0 Å². The van der Waals surface area contributed by atoms with Gasteiger partial charge in [0.15, 0.2) is 5.65 Å². The summed E-state index contributed by atoms with van der Waals surface area (Å²) in [5.41, 5.74) is 3.34. The number of anilines is 1. The monoisotopic (exact) mass is 376 g/mol. The Morgan fingerprint density at radius 1 is 1.11 bits per heavy atom. The van der Waals surface area contributed by atoms with Crippen LogP contribution in [0.4, 0.5) is 5.82 Å². The summed E-state index contributed by atoms with van der Waals surface area (Å²) in [6.07, 6.45) is 5.20. The third kappa shape index (κ3) is 3.78. The van der Waals surface area contributed by atoms with Crippen LogP contribution in [-0.2, 0) is 6.54 Å². The molecular formula is C21H24N6O. The molecule has 0 atom stereocenters. The maximum Gasteiger partial charge on any atom is 0.289 e. The molecule has 4 heterocycles. The number of fused-ring (bicyclic) bond motifs is 1. The van der Waals surface area contributed by atoms with Gasteiger partial charge in [0.2, 0.25) is 5.82 Å². The number of nitrogens with zero attached hydrogens (tertiary/aromatic N) is 5. The number of nitrogens with one attached hydrogen (secondary N) is 1. The first-order valence-electron chi connectivity index (χ1n) is 9.71. The molecule has 1 N–H and O–H groups in total. The van der Waals surface area contributed by atoms with E-state index in [9.17, 15) is 4.79 Å². The Morgan fingerprint density at radius 2 is 1.93 bits per heavy atom. The first-order valence-corrected chi connectivity index (χ1v) is 9.71. The first-order chi connectivity index (χ1) is 13.6. The number of hydrogen-bond donors (Lipinski definition) is 1. The van der Waals surface area contributed by atoms with Crippen LogP contribution in [0.1, 0.15) is 46.8 Å². The van der Waals surface area contributed by atoms with Crippen molar-refractivity contribution >= 4 is 22.8 Å². The van der Waals surface area contributed by atoms with Gasteiger partial charge >= 0.3 is 0 Å². The third-order valence-corrected chi connectivity index (χ3v) is 4.99. The van der Waals surface area contributed by atoms with E-state index in [0.29, 0.717) is 12.2 Å². The molecule has 1 amide bonds. The predicted molar refractivity (Wildman–Crippen MR) is 108 cm³/mol. The van der Waals surface area contributed by atoms with Crippen LogP contribution < -0.4 is 10.2 Å². The molecular weight excluding hydrogens is 352 g/mol. The number of hydrogen-bond acceptors (Lipinski definition) is 6. The number of amides is 1. The summed E-state index contributed by atoms with van der Waals surface area (Å²) in [4.78, 5) is 33.0. The summed E-state index contributed by atoms with van der Waals surface area (Å²) >= 11 is 0. The van der Waals surface area contributed by atoms with E-state index in [2.05, 4.69) is 37.1 Å². The topological polar surface area (TPSA) is 83.9 Å². The van der Waals surface area contributed by atoms with Gasteiger partial charge in [-0.2, -0.15) is 0 Å². The third-order valence-electron chi connectivity index (χ3n) is 4.99. The lowest BCUT2D eigenvalue weighted by Gasteiger charge is -2.29. The number of piperidine rings is 1. The molecule has 7 heteroatoms. The van der Waals surface area contributed by atoms with Crippen LogP contribution in [0, 0.1) is 13.8 Å². The highest BCUT2D eigenvalue weighted by molar-refractivity contribution is 5.96. The number of carbonyl (C=O) groups excluding carboxylic acids is 1. The molecule has 0 bridgehead atoms. The van der Waals surface area contributed by atoms with E-state index in [1.54, 1.807) is 6.20 Å². The molecule has 4 rings (SSSR count). The van der Waals surface area contributed by atoms with Crippen molar-refractivity contribution in [2.75, 3.05) is 18.0 Å². The molecule has 1 fully saturated rings. The summed E-state index contributed by atoms with van der Waals surface area (Å²) in [6.45, 7) is 6.20. The lowest BCUT2D eigenvalue weighted by molar-refractivity contribution is 0.0940. The fraction of sp³-hybridized carbons (Fsp3) is 0.381. The van der Waals surface area contributed by atoms with Crippen molar-refractivity contribution in [3.8, 4) is 0 Å². The van der Waals surface area contributed by atoms with E-state index in [4.69, 9.17) is 0 Å². The smallest absolute Gasteiger partial charge is 0.289 e. The van der Waals surface area contributed by atoms with Gasteiger partial charge in [0.25, 0.3) is 5.91 Å². The van der Waals surface area contributed by atoms with Gasteiger partial charge in [-0.05, 0) is 56.9 Å². The molecule has 144 valence electrons. The van der Waals surface area contributed by atoms with E-state index in [0.717, 1.165) is 54.1 Å².